The van der Waals surface area contributed by atoms with Crippen molar-refractivity contribution >= 4 is 5.82 Å². The summed E-state index contributed by atoms with van der Waals surface area (Å²) in [6, 6.07) is 10.3. The number of fused-ring (bicyclic) bond motifs is 1. The molecular formula is C16H19N3O. The number of nitrogens with one attached hydrogen (secondary N) is 1. The van der Waals surface area contributed by atoms with Crippen molar-refractivity contribution in [1.29, 1.82) is 0 Å². The fourth-order valence-corrected chi connectivity index (χ4v) is 2.74. The first kappa shape index (κ1) is 12.9. The van der Waals surface area contributed by atoms with Crippen LogP contribution in [0.3, 0.4) is 0 Å². The Bertz CT molecular complexity index is 656. The molecule has 4 nitrogen and oxygen atoms in total. The van der Waals surface area contributed by atoms with E-state index in [4.69, 9.17) is 5.11 Å². The van der Waals surface area contributed by atoms with Crippen molar-refractivity contribution in [2.24, 2.45) is 0 Å². The number of aromatic nitrogens is 2. The number of rotatable bonds is 3. The van der Waals surface area contributed by atoms with Gasteiger partial charge in [0.2, 0.25) is 0 Å². The van der Waals surface area contributed by atoms with E-state index in [1.165, 1.54) is 11.1 Å². The molecule has 0 radical (unpaired) electrons. The fourth-order valence-electron chi connectivity index (χ4n) is 2.74. The monoisotopic (exact) mass is 269 g/mol. The summed E-state index contributed by atoms with van der Waals surface area (Å²) in [6.45, 7) is 5.03. The quantitative estimate of drug-likeness (QED) is 0.900. The molecule has 20 heavy (non-hydrogen) atoms. The minimum Gasteiger partial charge on any atom is -0.396 e. The summed E-state index contributed by atoms with van der Waals surface area (Å²) in [5.74, 6) is 1.05. The highest BCUT2D eigenvalue weighted by Gasteiger charge is 2.22. The lowest BCUT2D eigenvalue weighted by Crippen LogP contribution is -2.18. The van der Waals surface area contributed by atoms with Crippen LogP contribution in [0.2, 0.25) is 0 Å². The molecule has 0 spiro atoms. The fraction of sp³-hybridized carbons (Fsp3) is 0.312. The van der Waals surface area contributed by atoms with Crippen molar-refractivity contribution in [3.63, 3.8) is 0 Å². The van der Waals surface area contributed by atoms with Gasteiger partial charge in [-0.05, 0) is 31.4 Å². The summed E-state index contributed by atoms with van der Waals surface area (Å²) in [6.07, 6.45) is 0.692. The Morgan fingerprint density at radius 3 is 2.70 bits per heavy atom. The minimum absolute atomic E-state index is 0.176. The van der Waals surface area contributed by atoms with Crippen LogP contribution in [0.5, 0.6) is 0 Å². The molecule has 4 heteroatoms. The van der Waals surface area contributed by atoms with E-state index in [-0.39, 0.29) is 6.61 Å². The standard InChI is InChI=1S/C16H19N3O/c1-11-14(8-9-20)10-19-16(17-11)15(12(2)18-19)13-6-4-3-5-7-13/h3-7,17,20H,8-10H2,1-2H3. The van der Waals surface area contributed by atoms with Crippen LogP contribution in [0.15, 0.2) is 41.6 Å². The van der Waals surface area contributed by atoms with Gasteiger partial charge in [0.1, 0.15) is 5.82 Å². The highest BCUT2D eigenvalue weighted by molar-refractivity contribution is 5.79. The zero-order valence-corrected chi connectivity index (χ0v) is 11.8. The molecule has 0 aliphatic carbocycles. The molecule has 0 saturated carbocycles. The maximum atomic E-state index is 9.13. The first-order valence-corrected chi connectivity index (χ1v) is 6.90. The van der Waals surface area contributed by atoms with Crippen LogP contribution in [0, 0.1) is 6.92 Å². The molecule has 2 heterocycles. The molecule has 1 aromatic heterocycles. The van der Waals surface area contributed by atoms with Crippen molar-refractivity contribution < 1.29 is 5.11 Å². The molecule has 2 aromatic rings. The molecule has 0 atom stereocenters. The van der Waals surface area contributed by atoms with Gasteiger partial charge in [0.25, 0.3) is 0 Å². The number of nitrogens with zero attached hydrogens (tertiary/aromatic N) is 2. The van der Waals surface area contributed by atoms with Crippen LogP contribution in [0.1, 0.15) is 19.0 Å². The second kappa shape index (κ2) is 5.13. The Hall–Kier alpha value is -2.07. The van der Waals surface area contributed by atoms with E-state index in [1.54, 1.807) is 0 Å². The van der Waals surface area contributed by atoms with Gasteiger partial charge < -0.3 is 10.4 Å². The molecule has 2 N–H and O–H groups in total. The van der Waals surface area contributed by atoms with Gasteiger partial charge in [-0.1, -0.05) is 30.3 Å². The van der Waals surface area contributed by atoms with Gasteiger partial charge in [0, 0.05) is 17.9 Å². The van der Waals surface area contributed by atoms with Gasteiger partial charge in [0.05, 0.1) is 12.2 Å². The van der Waals surface area contributed by atoms with Gasteiger partial charge in [0.15, 0.2) is 0 Å². The third-order valence-corrected chi connectivity index (χ3v) is 3.78. The van der Waals surface area contributed by atoms with Crippen molar-refractivity contribution in [2.75, 3.05) is 11.9 Å². The summed E-state index contributed by atoms with van der Waals surface area (Å²) >= 11 is 0. The number of hydrogen-bond donors (Lipinski definition) is 2. The van der Waals surface area contributed by atoms with E-state index < -0.39 is 0 Å². The molecule has 0 bridgehead atoms. The van der Waals surface area contributed by atoms with Crippen molar-refractivity contribution in [2.45, 2.75) is 26.8 Å². The molecule has 104 valence electrons. The minimum atomic E-state index is 0.176. The lowest BCUT2D eigenvalue weighted by atomic mass is 10.0. The second-order valence-electron chi connectivity index (χ2n) is 5.16. The highest BCUT2D eigenvalue weighted by Crippen LogP contribution is 2.35. The summed E-state index contributed by atoms with van der Waals surface area (Å²) in [4.78, 5) is 0. The highest BCUT2D eigenvalue weighted by atomic mass is 16.3. The Morgan fingerprint density at radius 1 is 1.25 bits per heavy atom. The van der Waals surface area contributed by atoms with Gasteiger partial charge >= 0.3 is 0 Å². The topological polar surface area (TPSA) is 50.1 Å². The van der Waals surface area contributed by atoms with E-state index in [0.717, 1.165) is 29.3 Å². The Labute approximate surface area is 118 Å². The Kier molecular flexibility index (Phi) is 3.32. The van der Waals surface area contributed by atoms with Gasteiger partial charge in [-0.15, -0.1) is 0 Å². The Balaban J connectivity index is 2.04. The second-order valence-corrected chi connectivity index (χ2v) is 5.16. The normalized spacial score (nSPS) is 14.2. The van der Waals surface area contributed by atoms with Crippen molar-refractivity contribution in [3.05, 3.63) is 47.3 Å². The van der Waals surface area contributed by atoms with E-state index >= 15 is 0 Å². The molecule has 0 saturated heterocycles. The molecular weight excluding hydrogens is 250 g/mol. The Morgan fingerprint density at radius 2 is 2.00 bits per heavy atom. The molecule has 0 fully saturated rings. The smallest absolute Gasteiger partial charge is 0.137 e. The van der Waals surface area contributed by atoms with Crippen LogP contribution in [-0.4, -0.2) is 21.5 Å². The number of aliphatic hydroxyl groups is 1. The van der Waals surface area contributed by atoms with Gasteiger partial charge in [-0.2, -0.15) is 5.10 Å². The first-order valence-electron chi connectivity index (χ1n) is 6.90. The number of benzene rings is 1. The molecule has 1 aliphatic rings. The number of aryl methyl sites for hydroxylation is 1. The van der Waals surface area contributed by atoms with E-state index in [9.17, 15) is 0 Å². The first-order chi connectivity index (χ1) is 9.70. The van der Waals surface area contributed by atoms with E-state index in [1.807, 2.05) is 29.8 Å². The number of hydrogen-bond acceptors (Lipinski definition) is 3. The molecule has 3 rings (SSSR count). The largest absolute Gasteiger partial charge is 0.396 e. The SMILES string of the molecule is CC1=C(CCO)Cn2nc(C)c(-c3ccccc3)c2N1. The van der Waals surface area contributed by atoms with Crippen LogP contribution in [0.25, 0.3) is 11.1 Å². The molecule has 0 unspecified atom stereocenters. The average Bonchev–Trinajstić information content (AvgIpc) is 2.76. The molecule has 1 aromatic carbocycles. The predicted molar refractivity (Wildman–Crippen MR) is 80.4 cm³/mol. The molecule has 1 aliphatic heterocycles. The number of aliphatic hydroxyl groups excluding tert-OH is 1. The zero-order valence-electron chi connectivity index (χ0n) is 11.8. The van der Waals surface area contributed by atoms with Crippen LogP contribution in [-0.2, 0) is 6.54 Å². The third-order valence-electron chi connectivity index (χ3n) is 3.78. The van der Waals surface area contributed by atoms with E-state index in [0.29, 0.717) is 6.42 Å². The maximum Gasteiger partial charge on any atom is 0.137 e. The third kappa shape index (κ3) is 2.12. The zero-order chi connectivity index (χ0) is 14.1. The predicted octanol–water partition coefficient (Wildman–Crippen LogP) is 2.94. The number of anilines is 1. The van der Waals surface area contributed by atoms with Gasteiger partial charge in [-0.25, -0.2) is 4.68 Å². The van der Waals surface area contributed by atoms with E-state index in [2.05, 4.69) is 29.5 Å². The number of allylic oxidation sites excluding steroid dienone is 1. The summed E-state index contributed by atoms with van der Waals surface area (Å²) in [7, 11) is 0. The van der Waals surface area contributed by atoms with Crippen molar-refractivity contribution in [3.8, 4) is 11.1 Å². The average molecular weight is 269 g/mol. The molecule has 0 amide bonds. The van der Waals surface area contributed by atoms with Crippen LogP contribution in [0.4, 0.5) is 5.82 Å². The summed E-state index contributed by atoms with van der Waals surface area (Å²) in [5.41, 5.74) is 5.70. The van der Waals surface area contributed by atoms with Crippen LogP contribution >= 0.6 is 0 Å². The van der Waals surface area contributed by atoms with Gasteiger partial charge in [-0.3, -0.25) is 0 Å². The van der Waals surface area contributed by atoms with Crippen LogP contribution < -0.4 is 5.32 Å². The lowest BCUT2D eigenvalue weighted by molar-refractivity contribution is 0.296. The maximum absolute atomic E-state index is 9.13. The summed E-state index contributed by atoms with van der Waals surface area (Å²) < 4.78 is 2.00. The lowest BCUT2D eigenvalue weighted by Gasteiger charge is -2.22. The summed E-state index contributed by atoms with van der Waals surface area (Å²) in [5, 5.41) is 17.2. The van der Waals surface area contributed by atoms with Crippen molar-refractivity contribution in [1.82, 2.24) is 9.78 Å².